The highest BCUT2D eigenvalue weighted by Crippen LogP contribution is 2.29. The number of phenols is 1. The number of aliphatic hydroxyl groups is 2. The monoisotopic (exact) mass is 530 g/mol. The van der Waals surface area contributed by atoms with Crippen molar-refractivity contribution in [1.82, 2.24) is 10.6 Å². The molecule has 0 radical (unpaired) electrons. The average Bonchev–Trinajstić information content (AvgIpc) is 2.87. The number of carbonyl (C=O) groups excluding carboxylic acids is 1. The van der Waals surface area contributed by atoms with E-state index in [0.717, 1.165) is 17.7 Å². The van der Waals surface area contributed by atoms with Gasteiger partial charge in [-0.2, -0.15) is 13.2 Å². The number of hydrogen-bond donors (Lipinski definition) is 5. The summed E-state index contributed by atoms with van der Waals surface area (Å²) in [6, 6.07) is 16.8. The molecule has 5 N–H and O–H groups in total. The minimum Gasteiger partial charge on any atom is -0.508 e. The number of benzene rings is 3. The van der Waals surface area contributed by atoms with Crippen LogP contribution in [0.25, 0.3) is 0 Å². The Hall–Kier alpha value is -3.40. The molecule has 0 heterocycles. The van der Waals surface area contributed by atoms with Crippen molar-refractivity contribution >= 4 is 5.91 Å². The highest BCUT2D eigenvalue weighted by Gasteiger charge is 2.30. The highest BCUT2D eigenvalue weighted by atomic mass is 19.4. The predicted molar refractivity (Wildman–Crippen MR) is 139 cm³/mol. The lowest BCUT2D eigenvalue weighted by Gasteiger charge is -2.28. The summed E-state index contributed by atoms with van der Waals surface area (Å²) in [4.78, 5) is 12.7. The number of aromatic hydroxyl groups is 1. The number of alkyl halides is 3. The molecule has 0 spiro atoms. The van der Waals surface area contributed by atoms with E-state index >= 15 is 0 Å². The summed E-state index contributed by atoms with van der Waals surface area (Å²) in [5.74, 6) is -0.344. The van der Waals surface area contributed by atoms with Gasteiger partial charge in [0.05, 0.1) is 18.3 Å². The molecule has 3 rings (SSSR count). The van der Waals surface area contributed by atoms with E-state index in [1.807, 2.05) is 19.9 Å². The summed E-state index contributed by atoms with van der Waals surface area (Å²) < 4.78 is 38.7. The van der Waals surface area contributed by atoms with E-state index in [-0.39, 0.29) is 37.8 Å². The van der Waals surface area contributed by atoms with Gasteiger partial charge in [-0.25, -0.2) is 0 Å². The molecule has 38 heavy (non-hydrogen) atoms. The van der Waals surface area contributed by atoms with Gasteiger partial charge in [-0.1, -0.05) is 36.4 Å². The first-order valence-corrected chi connectivity index (χ1v) is 12.3. The minimum absolute atomic E-state index is 0.0312. The molecule has 0 aliphatic carbocycles. The van der Waals surface area contributed by atoms with E-state index in [2.05, 4.69) is 10.6 Å². The van der Waals surface area contributed by atoms with Gasteiger partial charge in [-0.15, -0.1) is 0 Å². The third-order valence-electron chi connectivity index (χ3n) is 6.22. The third kappa shape index (κ3) is 8.31. The quantitative estimate of drug-likeness (QED) is 0.251. The van der Waals surface area contributed by atoms with Crippen LogP contribution in [0.1, 0.15) is 58.1 Å². The molecular formula is C29H33F3N2O4. The zero-order valence-corrected chi connectivity index (χ0v) is 21.3. The number of carbonyl (C=O) groups is 1. The first kappa shape index (κ1) is 29.2. The Morgan fingerprint density at radius 1 is 0.974 bits per heavy atom. The Morgan fingerprint density at radius 3 is 2.39 bits per heavy atom. The van der Waals surface area contributed by atoms with Crippen LogP contribution in [-0.4, -0.2) is 39.9 Å². The van der Waals surface area contributed by atoms with Crippen LogP contribution in [0.15, 0.2) is 66.7 Å². The van der Waals surface area contributed by atoms with Gasteiger partial charge in [0.2, 0.25) is 0 Å². The van der Waals surface area contributed by atoms with Gasteiger partial charge in [0.25, 0.3) is 5.91 Å². The molecule has 9 heteroatoms. The SMILES string of the molecule is CC(C)(Cc1cccc(C(=O)NCCc2cccc(C(F)(F)F)c2)c1)NC[C@H](O)c1ccc(O)c(CO)c1. The Balaban J connectivity index is 1.54. The minimum atomic E-state index is -4.41. The molecule has 204 valence electrons. The second-order valence-electron chi connectivity index (χ2n) is 9.91. The van der Waals surface area contributed by atoms with Crippen molar-refractivity contribution in [1.29, 1.82) is 0 Å². The van der Waals surface area contributed by atoms with Gasteiger partial charge in [0.1, 0.15) is 5.75 Å². The average molecular weight is 531 g/mol. The van der Waals surface area contributed by atoms with E-state index in [0.29, 0.717) is 28.7 Å². The molecule has 0 aromatic heterocycles. The van der Waals surface area contributed by atoms with Crippen LogP contribution in [0.4, 0.5) is 13.2 Å². The fourth-order valence-corrected chi connectivity index (χ4v) is 4.15. The molecular weight excluding hydrogens is 497 g/mol. The zero-order chi connectivity index (χ0) is 27.9. The summed E-state index contributed by atoms with van der Waals surface area (Å²) in [5, 5.41) is 35.7. The molecule has 3 aromatic rings. The Kier molecular flexibility index (Phi) is 9.54. The fourth-order valence-electron chi connectivity index (χ4n) is 4.15. The molecule has 0 fully saturated rings. The topological polar surface area (TPSA) is 102 Å². The molecule has 0 saturated carbocycles. The lowest BCUT2D eigenvalue weighted by molar-refractivity contribution is -0.137. The number of amides is 1. The maximum atomic E-state index is 12.9. The lowest BCUT2D eigenvalue weighted by Crippen LogP contribution is -2.43. The largest absolute Gasteiger partial charge is 0.508 e. The second kappa shape index (κ2) is 12.4. The summed E-state index contributed by atoms with van der Waals surface area (Å²) in [6.45, 7) is 4.04. The van der Waals surface area contributed by atoms with E-state index in [4.69, 9.17) is 0 Å². The molecule has 3 aromatic carbocycles. The Morgan fingerprint density at radius 2 is 1.68 bits per heavy atom. The maximum absolute atomic E-state index is 12.9. The van der Waals surface area contributed by atoms with Crippen molar-refractivity contribution in [2.45, 2.75) is 51.1 Å². The number of rotatable bonds is 11. The predicted octanol–water partition coefficient (Wildman–Crippen LogP) is 4.52. The van der Waals surface area contributed by atoms with Crippen molar-refractivity contribution in [2.24, 2.45) is 0 Å². The van der Waals surface area contributed by atoms with Gasteiger partial charge < -0.3 is 26.0 Å². The molecule has 0 bridgehead atoms. The van der Waals surface area contributed by atoms with Crippen LogP contribution >= 0.6 is 0 Å². The van der Waals surface area contributed by atoms with E-state index in [1.54, 1.807) is 36.4 Å². The lowest BCUT2D eigenvalue weighted by atomic mass is 9.93. The van der Waals surface area contributed by atoms with Crippen LogP contribution in [0, 0.1) is 0 Å². The number of hydrogen-bond acceptors (Lipinski definition) is 5. The van der Waals surface area contributed by atoms with E-state index in [1.165, 1.54) is 12.1 Å². The molecule has 6 nitrogen and oxygen atoms in total. The third-order valence-corrected chi connectivity index (χ3v) is 6.22. The van der Waals surface area contributed by atoms with Crippen LogP contribution in [0.2, 0.25) is 0 Å². The fraction of sp³-hybridized carbons (Fsp3) is 0.345. The Labute approximate surface area is 220 Å². The smallest absolute Gasteiger partial charge is 0.416 e. The number of nitrogens with one attached hydrogen (secondary N) is 2. The van der Waals surface area contributed by atoms with Gasteiger partial charge in [0, 0.05) is 29.8 Å². The maximum Gasteiger partial charge on any atom is 0.416 e. The summed E-state index contributed by atoms with van der Waals surface area (Å²) in [5.41, 5.74) is 1.60. The van der Waals surface area contributed by atoms with E-state index < -0.39 is 23.4 Å². The summed E-state index contributed by atoms with van der Waals surface area (Å²) in [7, 11) is 0. The first-order chi connectivity index (χ1) is 17.9. The summed E-state index contributed by atoms with van der Waals surface area (Å²) in [6.07, 6.45) is -4.43. The highest BCUT2D eigenvalue weighted by molar-refractivity contribution is 5.94. The van der Waals surface area contributed by atoms with Gasteiger partial charge >= 0.3 is 6.18 Å². The normalized spacial score (nSPS) is 12.8. The number of halogens is 3. The standard InChI is InChI=1S/C29H33F3N2O4/c1-28(2,34-17-26(37)21-9-10-25(36)23(15-21)18-35)16-20-6-3-7-22(13-20)27(38)33-12-11-19-5-4-8-24(14-19)29(30,31)32/h3-10,13-15,26,34-37H,11-12,16-18H2,1-2H3,(H,33,38)/t26-/m0/s1. The molecule has 0 unspecified atom stereocenters. The molecule has 1 atom stereocenters. The molecule has 1 amide bonds. The van der Waals surface area contributed by atoms with Crippen molar-refractivity contribution in [2.75, 3.05) is 13.1 Å². The van der Waals surface area contributed by atoms with Crippen molar-refractivity contribution < 1.29 is 33.3 Å². The van der Waals surface area contributed by atoms with Crippen LogP contribution in [0.5, 0.6) is 5.75 Å². The Bertz CT molecular complexity index is 1240. The van der Waals surface area contributed by atoms with Crippen molar-refractivity contribution in [3.63, 3.8) is 0 Å². The number of aliphatic hydroxyl groups excluding tert-OH is 2. The van der Waals surface area contributed by atoms with Gasteiger partial charge in [-0.05, 0) is 73.7 Å². The zero-order valence-electron chi connectivity index (χ0n) is 21.3. The first-order valence-electron chi connectivity index (χ1n) is 12.3. The molecule has 0 aliphatic heterocycles. The van der Waals surface area contributed by atoms with Crippen molar-refractivity contribution in [3.05, 3.63) is 100 Å². The van der Waals surface area contributed by atoms with Crippen molar-refractivity contribution in [3.8, 4) is 5.75 Å². The van der Waals surface area contributed by atoms with Gasteiger partial charge in [-0.3, -0.25) is 4.79 Å². The summed E-state index contributed by atoms with van der Waals surface area (Å²) >= 11 is 0. The molecule has 0 aliphatic rings. The second-order valence-corrected chi connectivity index (χ2v) is 9.91. The number of β-amino-alcohol motifs (C(OH)–C–C–N with tert-alkyl or cyclic N) is 1. The van der Waals surface area contributed by atoms with Crippen LogP contribution < -0.4 is 10.6 Å². The van der Waals surface area contributed by atoms with Crippen LogP contribution in [-0.2, 0) is 25.6 Å². The van der Waals surface area contributed by atoms with Crippen LogP contribution in [0.3, 0.4) is 0 Å². The van der Waals surface area contributed by atoms with Gasteiger partial charge in [0.15, 0.2) is 0 Å². The van der Waals surface area contributed by atoms with E-state index in [9.17, 15) is 33.3 Å². The molecule has 0 saturated heterocycles.